The van der Waals surface area contributed by atoms with Crippen molar-refractivity contribution in [1.29, 1.82) is 0 Å². The Kier molecular flexibility index (Phi) is 5.09. The molecule has 1 unspecified atom stereocenters. The number of hydrogen-bond acceptors (Lipinski definition) is 5. The van der Waals surface area contributed by atoms with Crippen LogP contribution < -0.4 is 20.1 Å². The number of carbonyl (C=O) groups is 2. The summed E-state index contributed by atoms with van der Waals surface area (Å²) >= 11 is 0. The maximum absolute atomic E-state index is 13.1. The first kappa shape index (κ1) is 19.8. The van der Waals surface area contributed by atoms with Crippen LogP contribution in [0.1, 0.15) is 22.5 Å². The normalized spacial score (nSPS) is 18.3. The summed E-state index contributed by atoms with van der Waals surface area (Å²) in [5.74, 6) is 0.852. The van der Waals surface area contributed by atoms with Gasteiger partial charge in [0.05, 0.1) is 19.9 Å². The maximum atomic E-state index is 13.1. The summed E-state index contributed by atoms with van der Waals surface area (Å²) in [6.45, 7) is 1.77. The Morgan fingerprint density at radius 3 is 2.70 bits per heavy atom. The summed E-state index contributed by atoms with van der Waals surface area (Å²) in [4.78, 5) is 25.3. The number of amides is 2. The summed E-state index contributed by atoms with van der Waals surface area (Å²) in [6.07, 6.45) is 2.04. The maximum Gasteiger partial charge on any atom is 0.269 e. The summed E-state index contributed by atoms with van der Waals surface area (Å²) in [6, 6.07) is 12.8. The van der Waals surface area contributed by atoms with E-state index in [4.69, 9.17) is 9.47 Å². The quantitative estimate of drug-likeness (QED) is 0.578. The molecule has 1 aromatic carbocycles. The molecule has 30 heavy (non-hydrogen) atoms. The molecule has 3 heterocycles. The average molecular weight is 409 g/mol. The molecule has 2 aromatic heterocycles. The van der Waals surface area contributed by atoms with Crippen LogP contribution in [0, 0.1) is 6.92 Å². The van der Waals surface area contributed by atoms with E-state index in [9.17, 15) is 14.7 Å². The zero-order valence-electron chi connectivity index (χ0n) is 16.8. The molecule has 8 heteroatoms. The van der Waals surface area contributed by atoms with Gasteiger partial charge in [-0.15, -0.1) is 0 Å². The minimum Gasteiger partial charge on any atom is -0.493 e. The molecule has 1 fully saturated rings. The number of nitrogens with one attached hydrogen (secondary N) is 2. The lowest BCUT2D eigenvalue weighted by Gasteiger charge is -2.25. The number of ether oxygens (including phenoxy) is 2. The zero-order valence-corrected chi connectivity index (χ0v) is 16.8. The van der Waals surface area contributed by atoms with Gasteiger partial charge in [-0.3, -0.25) is 9.59 Å². The number of nitrogens with zero attached hydrogens (tertiary/aromatic N) is 1. The molecule has 3 N–H and O–H groups in total. The van der Waals surface area contributed by atoms with Crippen molar-refractivity contribution in [3.63, 3.8) is 0 Å². The first-order valence-electron chi connectivity index (χ1n) is 9.62. The highest BCUT2D eigenvalue weighted by molar-refractivity contribution is 6.01. The van der Waals surface area contributed by atoms with Gasteiger partial charge in [-0.25, -0.2) is 0 Å². The highest BCUT2D eigenvalue weighted by Gasteiger charge is 2.43. The predicted octanol–water partition coefficient (Wildman–Crippen LogP) is 2.03. The lowest BCUT2D eigenvalue weighted by atomic mass is 9.98. The number of hydrogen-bond donors (Lipinski definition) is 3. The number of aliphatic hydroxyl groups excluding tert-OH is 1. The fraction of sp³-hybridized carbons (Fsp3) is 0.273. The largest absolute Gasteiger partial charge is 0.493 e. The number of para-hydroxylation sites is 2. The van der Waals surface area contributed by atoms with Crippen molar-refractivity contribution >= 4 is 17.3 Å². The van der Waals surface area contributed by atoms with Gasteiger partial charge in [0.15, 0.2) is 11.5 Å². The van der Waals surface area contributed by atoms with E-state index < -0.39 is 18.1 Å². The molecule has 8 nitrogen and oxygen atoms in total. The molecule has 0 saturated carbocycles. The second kappa shape index (κ2) is 7.72. The summed E-state index contributed by atoms with van der Waals surface area (Å²) in [5, 5.41) is 15.2. The molecule has 0 spiro atoms. The Labute approximate surface area is 173 Å². The Bertz CT molecular complexity index is 1120. The number of rotatable bonds is 6. The van der Waals surface area contributed by atoms with E-state index in [1.54, 1.807) is 29.8 Å². The van der Waals surface area contributed by atoms with E-state index in [2.05, 4.69) is 10.6 Å². The number of aryl methyl sites for hydroxylation is 1. The number of pyridine rings is 1. The van der Waals surface area contributed by atoms with Crippen molar-refractivity contribution in [2.75, 3.05) is 20.3 Å². The number of methoxy groups -OCH3 is 1. The van der Waals surface area contributed by atoms with Crippen molar-refractivity contribution in [2.45, 2.75) is 18.9 Å². The smallest absolute Gasteiger partial charge is 0.269 e. The summed E-state index contributed by atoms with van der Waals surface area (Å²) in [5.41, 5.74) is 0.620. The lowest BCUT2D eigenvalue weighted by molar-refractivity contribution is -0.125. The van der Waals surface area contributed by atoms with E-state index in [1.807, 2.05) is 37.3 Å². The Hall–Kier alpha value is -3.52. The van der Waals surface area contributed by atoms with Crippen LogP contribution in [0.5, 0.6) is 17.2 Å². The number of fused-ring (bicyclic) bond motifs is 1. The van der Waals surface area contributed by atoms with Crippen molar-refractivity contribution in [3.05, 3.63) is 59.9 Å². The molecule has 1 aliphatic heterocycles. The highest BCUT2D eigenvalue weighted by atomic mass is 16.5. The molecular weight excluding hydrogens is 386 g/mol. The van der Waals surface area contributed by atoms with Crippen molar-refractivity contribution < 1.29 is 24.2 Å². The molecule has 3 aromatic rings. The standard InChI is InChI=1S/C22H23N3O5/c1-14-11-15-7-8-16(30-18-6-4-3-5-17(18)29-2)12-25(15)19(14)20(27)24-22(13-26)9-10-23-21(22)28/h3-8,11-12,26H,9-10,13H2,1-2H3,(H,23,28)(H,24,27). The predicted molar refractivity (Wildman–Crippen MR) is 110 cm³/mol. The van der Waals surface area contributed by atoms with E-state index in [1.165, 1.54) is 0 Å². The van der Waals surface area contributed by atoms with Gasteiger partial charge in [0, 0.05) is 12.1 Å². The van der Waals surface area contributed by atoms with Gasteiger partial charge in [0.25, 0.3) is 5.91 Å². The van der Waals surface area contributed by atoms with E-state index >= 15 is 0 Å². The molecule has 1 aliphatic rings. The van der Waals surface area contributed by atoms with Crippen molar-refractivity contribution in [3.8, 4) is 17.2 Å². The highest BCUT2D eigenvalue weighted by Crippen LogP contribution is 2.31. The second-order valence-electron chi connectivity index (χ2n) is 7.29. The van der Waals surface area contributed by atoms with Crippen LogP contribution in [0.15, 0.2) is 48.7 Å². The molecule has 2 amide bonds. The minimum absolute atomic E-state index is 0.332. The van der Waals surface area contributed by atoms with Gasteiger partial charge in [-0.05, 0) is 49.2 Å². The zero-order chi connectivity index (χ0) is 21.3. The van der Waals surface area contributed by atoms with Crippen LogP contribution >= 0.6 is 0 Å². The van der Waals surface area contributed by atoms with Crippen LogP contribution in [0.25, 0.3) is 5.52 Å². The number of aromatic nitrogens is 1. The van der Waals surface area contributed by atoms with Gasteiger partial charge in [-0.1, -0.05) is 12.1 Å². The molecule has 0 bridgehead atoms. The van der Waals surface area contributed by atoms with E-state index in [-0.39, 0.29) is 5.91 Å². The first-order chi connectivity index (χ1) is 14.5. The Morgan fingerprint density at radius 1 is 1.27 bits per heavy atom. The fourth-order valence-corrected chi connectivity index (χ4v) is 3.72. The average Bonchev–Trinajstić information content (AvgIpc) is 3.27. The Morgan fingerprint density at radius 2 is 2.03 bits per heavy atom. The molecule has 0 aliphatic carbocycles. The van der Waals surface area contributed by atoms with Crippen molar-refractivity contribution in [1.82, 2.24) is 15.0 Å². The third kappa shape index (κ3) is 3.35. The molecule has 156 valence electrons. The number of benzene rings is 1. The molecule has 4 rings (SSSR count). The number of carbonyl (C=O) groups excluding carboxylic acids is 2. The topological polar surface area (TPSA) is 101 Å². The van der Waals surface area contributed by atoms with Gasteiger partial charge in [-0.2, -0.15) is 0 Å². The monoisotopic (exact) mass is 409 g/mol. The second-order valence-corrected chi connectivity index (χ2v) is 7.29. The van der Waals surface area contributed by atoms with Crippen LogP contribution in [0.4, 0.5) is 0 Å². The molecular formula is C22H23N3O5. The summed E-state index contributed by atoms with van der Waals surface area (Å²) < 4.78 is 13.0. The fourth-order valence-electron chi connectivity index (χ4n) is 3.72. The third-order valence-corrected chi connectivity index (χ3v) is 5.34. The van der Waals surface area contributed by atoms with E-state index in [0.29, 0.717) is 35.9 Å². The Balaban J connectivity index is 1.68. The number of aliphatic hydroxyl groups is 1. The van der Waals surface area contributed by atoms with Crippen LogP contribution in [0.3, 0.4) is 0 Å². The van der Waals surface area contributed by atoms with Crippen molar-refractivity contribution in [2.24, 2.45) is 0 Å². The van der Waals surface area contributed by atoms with Gasteiger partial charge in [0.1, 0.15) is 17.0 Å². The van der Waals surface area contributed by atoms with Gasteiger partial charge < -0.3 is 29.6 Å². The SMILES string of the molecule is COc1ccccc1Oc1ccc2cc(C)c(C(=O)NC3(CO)CCNC3=O)n2c1. The van der Waals surface area contributed by atoms with Gasteiger partial charge >= 0.3 is 0 Å². The van der Waals surface area contributed by atoms with Crippen LogP contribution in [0.2, 0.25) is 0 Å². The summed E-state index contributed by atoms with van der Waals surface area (Å²) in [7, 11) is 1.57. The first-order valence-corrected chi connectivity index (χ1v) is 9.62. The molecule has 1 atom stereocenters. The van der Waals surface area contributed by atoms with Gasteiger partial charge in [0.2, 0.25) is 5.91 Å². The molecule has 0 radical (unpaired) electrons. The minimum atomic E-state index is -1.31. The third-order valence-electron chi connectivity index (χ3n) is 5.34. The lowest BCUT2D eigenvalue weighted by Crippen LogP contribution is -2.56. The van der Waals surface area contributed by atoms with Crippen LogP contribution in [-0.2, 0) is 4.79 Å². The molecule has 1 saturated heterocycles. The van der Waals surface area contributed by atoms with Crippen LogP contribution in [-0.4, -0.2) is 47.1 Å². The van der Waals surface area contributed by atoms with E-state index in [0.717, 1.165) is 11.1 Å².